The third-order valence-electron chi connectivity index (χ3n) is 3.29. The second kappa shape index (κ2) is 7.67. The van der Waals surface area contributed by atoms with Crippen LogP contribution in [-0.2, 0) is 9.53 Å². The van der Waals surface area contributed by atoms with Gasteiger partial charge in [-0.3, -0.25) is 4.79 Å². The fraction of sp³-hybridized carbons (Fsp3) is 0.923. The molecule has 1 saturated heterocycles. The van der Waals surface area contributed by atoms with Crippen molar-refractivity contribution >= 4 is 5.97 Å². The van der Waals surface area contributed by atoms with Gasteiger partial charge in [-0.15, -0.1) is 0 Å². The molecule has 0 aromatic carbocycles. The quantitative estimate of drug-likeness (QED) is 0.656. The lowest BCUT2D eigenvalue weighted by Gasteiger charge is -2.31. The first-order chi connectivity index (χ1) is 8.13. The molecule has 100 valence electrons. The Balaban J connectivity index is 2.15. The van der Waals surface area contributed by atoms with Crippen molar-refractivity contribution in [2.45, 2.75) is 26.2 Å². The van der Waals surface area contributed by atoms with Gasteiger partial charge in [-0.05, 0) is 66.5 Å². The summed E-state index contributed by atoms with van der Waals surface area (Å²) in [6, 6.07) is 0. The average Bonchev–Trinajstić information content (AvgIpc) is 2.30. The van der Waals surface area contributed by atoms with Crippen LogP contribution in [0.3, 0.4) is 0 Å². The van der Waals surface area contributed by atoms with E-state index in [0.717, 1.165) is 39.0 Å². The Labute approximate surface area is 105 Å². The van der Waals surface area contributed by atoms with Gasteiger partial charge in [0.25, 0.3) is 0 Å². The summed E-state index contributed by atoms with van der Waals surface area (Å²) in [5, 5.41) is 0. The minimum Gasteiger partial charge on any atom is -0.466 e. The average molecular weight is 242 g/mol. The summed E-state index contributed by atoms with van der Waals surface area (Å²) in [6.07, 6.45) is 3.12. The Morgan fingerprint density at radius 2 is 2.00 bits per heavy atom. The van der Waals surface area contributed by atoms with E-state index in [1.54, 1.807) is 0 Å². The van der Waals surface area contributed by atoms with Crippen LogP contribution in [0, 0.1) is 5.92 Å². The number of carbonyl (C=O) groups excluding carboxylic acids is 1. The number of carbonyl (C=O) groups is 1. The van der Waals surface area contributed by atoms with Gasteiger partial charge in [0.1, 0.15) is 0 Å². The molecular formula is C13H26N2O2. The van der Waals surface area contributed by atoms with Crippen molar-refractivity contribution in [3.63, 3.8) is 0 Å². The van der Waals surface area contributed by atoms with Crippen LogP contribution < -0.4 is 0 Å². The van der Waals surface area contributed by atoms with Gasteiger partial charge in [0.05, 0.1) is 12.5 Å². The molecular weight excluding hydrogens is 216 g/mol. The molecule has 1 fully saturated rings. The topological polar surface area (TPSA) is 32.8 Å². The summed E-state index contributed by atoms with van der Waals surface area (Å²) >= 11 is 0. The van der Waals surface area contributed by atoms with Crippen molar-refractivity contribution in [1.82, 2.24) is 9.80 Å². The first-order valence-corrected chi connectivity index (χ1v) is 6.67. The Morgan fingerprint density at radius 1 is 1.35 bits per heavy atom. The van der Waals surface area contributed by atoms with E-state index in [4.69, 9.17) is 4.74 Å². The zero-order valence-corrected chi connectivity index (χ0v) is 11.4. The molecule has 0 radical (unpaired) electrons. The highest BCUT2D eigenvalue weighted by atomic mass is 16.5. The lowest BCUT2D eigenvalue weighted by molar-refractivity contribution is -0.149. The highest BCUT2D eigenvalue weighted by Crippen LogP contribution is 2.18. The van der Waals surface area contributed by atoms with Crippen molar-refractivity contribution in [2.24, 2.45) is 5.92 Å². The predicted octanol–water partition coefficient (Wildman–Crippen LogP) is 1.21. The zero-order chi connectivity index (χ0) is 12.7. The van der Waals surface area contributed by atoms with Crippen molar-refractivity contribution in [3.8, 4) is 0 Å². The molecule has 0 amide bonds. The van der Waals surface area contributed by atoms with Crippen LogP contribution in [-0.4, -0.2) is 62.7 Å². The molecule has 17 heavy (non-hydrogen) atoms. The van der Waals surface area contributed by atoms with E-state index in [9.17, 15) is 4.79 Å². The highest BCUT2D eigenvalue weighted by Gasteiger charge is 2.25. The maximum absolute atomic E-state index is 11.6. The van der Waals surface area contributed by atoms with Crippen molar-refractivity contribution < 1.29 is 9.53 Å². The molecule has 4 nitrogen and oxygen atoms in total. The molecule has 0 saturated carbocycles. The maximum Gasteiger partial charge on any atom is 0.309 e. The second-order valence-electron chi connectivity index (χ2n) is 5.02. The highest BCUT2D eigenvalue weighted by molar-refractivity contribution is 5.72. The number of hydrogen-bond donors (Lipinski definition) is 0. The fourth-order valence-electron chi connectivity index (χ4n) is 2.26. The summed E-state index contributed by atoms with van der Waals surface area (Å²) in [5.74, 6) is 0.139. The van der Waals surface area contributed by atoms with Gasteiger partial charge < -0.3 is 14.5 Å². The molecule has 0 aliphatic carbocycles. The lowest BCUT2D eigenvalue weighted by atomic mass is 9.97. The molecule has 1 aliphatic rings. The van der Waals surface area contributed by atoms with Crippen LogP contribution in [0.4, 0.5) is 0 Å². The number of piperidine rings is 1. The second-order valence-corrected chi connectivity index (χ2v) is 5.02. The first kappa shape index (κ1) is 14.5. The molecule has 0 unspecified atom stereocenters. The van der Waals surface area contributed by atoms with Crippen LogP contribution in [0.15, 0.2) is 0 Å². The number of esters is 1. The van der Waals surface area contributed by atoms with Gasteiger partial charge in [-0.25, -0.2) is 0 Å². The summed E-state index contributed by atoms with van der Waals surface area (Å²) < 4.78 is 5.07. The van der Waals surface area contributed by atoms with Gasteiger partial charge in [0, 0.05) is 0 Å². The molecule has 0 aromatic rings. The number of nitrogens with zero attached hydrogens (tertiary/aromatic N) is 2. The molecule has 0 aromatic heterocycles. The molecule has 0 spiro atoms. The third kappa shape index (κ3) is 5.50. The van der Waals surface area contributed by atoms with Crippen LogP contribution in [0.5, 0.6) is 0 Å². The maximum atomic E-state index is 11.6. The molecule has 1 aliphatic heterocycles. The van der Waals surface area contributed by atoms with Crippen molar-refractivity contribution in [1.29, 1.82) is 0 Å². The monoisotopic (exact) mass is 242 g/mol. The van der Waals surface area contributed by atoms with Crippen LogP contribution in [0.2, 0.25) is 0 Å². The Kier molecular flexibility index (Phi) is 6.52. The van der Waals surface area contributed by atoms with Crippen LogP contribution in [0.1, 0.15) is 26.2 Å². The zero-order valence-electron chi connectivity index (χ0n) is 11.4. The van der Waals surface area contributed by atoms with E-state index >= 15 is 0 Å². The van der Waals surface area contributed by atoms with Gasteiger partial charge in [-0.1, -0.05) is 0 Å². The summed E-state index contributed by atoms with van der Waals surface area (Å²) in [5.41, 5.74) is 0. The predicted molar refractivity (Wildman–Crippen MR) is 69.0 cm³/mol. The SMILES string of the molecule is CCOC(=O)C1CCN(CCCN(C)C)CC1. The van der Waals surface area contributed by atoms with Crippen molar-refractivity contribution in [3.05, 3.63) is 0 Å². The smallest absolute Gasteiger partial charge is 0.309 e. The minimum atomic E-state index is 0.000409. The number of likely N-dealkylation sites (tertiary alicyclic amines) is 1. The van der Waals surface area contributed by atoms with Gasteiger partial charge in [0.2, 0.25) is 0 Å². The summed E-state index contributed by atoms with van der Waals surface area (Å²) in [4.78, 5) is 16.2. The van der Waals surface area contributed by atoms with Gasteiger partial charge in [0.15, 0.2) is 0 Å². The van der Waals surface area contributed by atoms with Crippen LogP contribution >= 0.6 is 0 Å². The van der Waals surface area contributed by atoms with E-state index in [0.29, 0.717) is 6.61 Å². The minimum absolute atomic E-state index is 0.000409. The van der Waals surface area contributed by atoms with E-state index in [2.05, 4.69) is 23.9 Å². The lowest BCUT2D eigenvalue weighted by Crippen LogP contribution is -2.38. The number of hydrogen-bond acceptors (Lipinski definition) is 4. The molecule has 1 rings (SSSR count). The van der Waals surface area contributed by atoms with Crippen LogP contribution in [0.25, 0.3) is 0 Å². The molecule has 0 N–H and O–H groups in total. The first-order valence-electron chi connectivity index (χ1n) is 6.67. The van der Waals surface area contributed by atoms with Gasteiger partial charge in [-0.2, -0.15) is 0 Å². The summed E-state index contributed by atoms with van der Waals surface area (Å²) in [6.45, 7) is 6.73. The third-order valence-corrected chi connectivity index (χ3v) is 3.29. The molecule has 0 bridgehead atoms. The Hall–Kier alpha value is -0.610. The summed E-state index contributed by atoms with van der Waals surface area (Å²) in [7, 11) is 4.21. The normalized spacial score (nSPS) is 18.6. The van der Waals surface area contributed by atoms with Crippen molar-refractivity contribution in [2.75, 3.05) is 46.9 Å². The van der Waals surface area contributed by atoms with E-state index < -0.39 is 0 Å². The van der Waals surface area contributed by atoms with E-state index in [1.807, 2.05) is 6.92 Å². The molecule has 4 heteroatoms. The number of rotatable bonds is 6. The standard InChI is InChI=1S/C13H26N2O2/c1-4-17-13(16)12-6-10-15(11-7-12)9-5-8-14(2)3/h12H,4-11H2,1-3H3. The molecule has 0 atom stereocenters. The Morgan fingerprint density at radius 3 is 2.53 bits per heavy atom. The Bertz CT molecular complexity index is 223. The van der Waals surface area contributed by atoms with E-state index in [-0.39, 0.29) is 11.9 Å². The largest absolute Gasteiger partial charge is 0.466 e. The van der Waals surface area contributed by atoms with E-state index in [1.165, 1.54) is 6.42 Å². The number of ether oxygens (including phenoxy) is 1. The fourth-order valence-corrected chi connectivity index (χ4v) is 2.26. The molecule has 1 heterocycles. The van der Waals surface area contributed by atoms with Gasteiger partial charge >= 0.3 is 5.97 Å².